The number of unbranched alkanes of at least 4 members (excludes halogenated alkanes) is 3. The maximum absolute atomic E-state index is 12.3. The molecular formula is C16H22N2O2. The molecule has 1 heterocycles. The van der Waals surface area contributed by atoms with E-state index in [-0.39, 0.29) is 24.2 Å². The van der Waals surface area contributed by atoms with E-state index in [4.69, 9.17) is 5.73 Å². The van der Waals surface area contributed by atoms with Crippen molar-refractivity contribution >= 4 is 17.5 Å². The molecule has 1 fully saturated rings. The topological polar surface area (TPSA) is 63.4 Å². The van der Waals surface area contributed by atoms with Crippen LogP contribution in [-0.2, 0) is 9.59 Å². The van der Waals surface area contributed by atoms with Gasteiger partial charge in [0.15, 0.2) is 0 Å². The van der Waals surface area contributed by atoms with Crippen LogP contribution in [0.5, 0.6) is 0 Å². The molecule has 1 aromatic carbocycles. The first kappa shape index (κ1) is 14.6. The Kier molecular flexibility index (Phi) is 4.77. The second-order valence-electron chi connectivity index (χ2n) is 5.37. The minimum Gasteiger partial charge on any atom is -0.399 e. The van der Waals surface area contributed by atoms with Crippen LogP contribution in [0.2, 0.25) is 0 Å². The van der Waals surface area contributed by atoms with Crippen LogP contribution in [0.4, 0.5) is 5.69 Å². The molecule has 0 radical (unpaired) electrons. The summed E-state index contributed by atoms with van der Waals surface area (Å²) in [5, 5.41) is 0. The number of amides is 2. The molecule has 1 saturated heterocycles. The number of rotatable bonds is 6. The van der Waals surface area contributed by atoms with Crippen molar-refractivity contribution in [1.82, 2.24) is 4.90 Å². The number of hydrogen-bond donors (Lipinski definition) is 1. The summed E-state index contributed by atoms with van der Waals surface area (Å²) in [6.07, 6.45) is 4.56. The van der Waals surface area contributed by atoms with Gasteiger partial charge in [0.05, 0.1) is 5.92 Å². The second kappa shape index (κ2) is 6.55. The van der Waals surface area contributed by atoms with E-state index < -0.39 is 0 Å². The molecule has 1 aromatic rings. The maximum atomic E-state index is 12.3. The van der Waals surface area contributed by atoms with Gasteiger partial charge in [0.1, 0.15) is 0 Å². The maximum Gasteiger partial charge on any atom is 0.237 e. The zero-order valence-electron chi connectivity index (χ0n) is 12.0. The summed E-state index contributed by atoms with van der Waals surface area (Å²) in [4.78, 5) is 25.7. The fourth-order valence-electron chi connectivity index (χ4n) is 2.60. The average molecular weight is 274 g/mol. The summed E-state index contributed by atoms with van der Waals surface area (Å²) in [7, 11) is 0. The van der Waals surface area contributed by atoms with Gasteiger partial charge in [-0.3, -0.25) is 14.5 Å². The van der Waals surface area contributed by atoms with Gasteiger partial charge in [0.2, 0.25) is 11.8 Å². The molecule has 0 saturated carbocycles. The van der Waals surface area contributed by atoms with Crippen LogP contribution >= 0.6 is 0 Å². The number of benzene rings is 1. The third-order valence-corrected chi connectivity index (χ3v) is 3.82. The predicted molar refractivity (Wildman–Crippen MR) is 79.1 cm³/mol. The monoisotopic (exact) mass is 274 g/mol. The predicted octanol–water partition coefficient (Wildman–Crippen LogP) is 2.69. The lowest BCUT2D eigenvalue weighted by Crippen LogP contribution is -2.31. The van der Waals surface area contributed by atoms with Gasteiger partial charge < -0.3 is 5.73 Å². The van der Waals surface area contributed by atoms with Crippen molar-refractivity contribution in [3.05, 3.63) is 29.8 Å². The van der Waals surface area contributed by atoms with Crippen LogP contribution in [-0.4, -0.2) is 23.3 Å². The summed E-state index contributed by atoms with van der Waals surface area (Å²) < 4.78 is 0. The standard InChI is InChI=1S/C16H22N2O2/c1-2-3-4-5-10-18-15(19)11-14(16(18)20)12-6-8-13(17)9-7-12/h6-9,14H,2-5,10-11,17H2,1H3. The first-order chi connectivity index (χ1) is 9.63. The van der Waals surface area contributed by atoms with E-state index in [2.05, 4.69) is 6.92 Å². The fourth-order valence-corrected chi connectivity index (χ4v) is 2.60. The minimum absolute atomic E-state index is 0.0478. The highest BCUT2D eigenvalue weighted by Gasteiger charge is 2.38. The first-order valence-electron chi connectivity index (χ1n) is 7.33. The number of carbonyl (C=O) groups excluding carboxylic acids is 2. The van der Waals surface area contributed by atoms with Crippen molar-refractivity contribution in [2.75, 3.05) is 12.3 Å². The molecule has 4 heteroatoms. The SMILES string of the molecule is CCCCCCN1C(=O)CC(c2ccc(N)cc2)C1=O. The van der Waals surface area contributed by atoms with E-state index in [0.29, 0.717) is 12.2 Å². The van der Waals surface area contributed by atoms with Crippen molar-refractivity contribution in [3.8, 4) is 0 Å². The molecule has 4 nitrogen and oxygen atoms in total. The minimum atomic E-state index is -0.325. The van der Waals surface area contributed by atoms with E-state index in [1.807, 2.05) is 12.1 Å². The number of nitrogens with two attached hydrogens (primary N) is 1. The van der Waals surface area contributed by atoms with Crippen molar-refractivity contribution < 1.29 is 9.59 Å². The normalized spacial score (nSPS) is 18.9. The molecule has 2 N–H and O–H groups in total. The first-order valence-corrected chi connectivity index (χ1v) is 7.33. The van der Waals surface area contributed by atoms with Crippen molar-refractivity contribution in [2.24, 2.45) is 0 Å². The van der Waals surface area contributed by atoms with Gasteiger partial charge in [0, 0.05) is 18.7 Å². The van der Waals surface area contributed by atoms with Crippen LogP contribution < -0.4 is 5.73 Å². The Morgan fingerprint density at radius 2 is 1.85 bits per heavy atom. The Hall–Kier alpha value is -1.84. The van der Waals surface area contributed by atoms with Crippen molar-refractivity contribution in [2.45, 2.75) is 44.9 Å². The fraction of sp³-hybridized carbons (Fsp3) is 0.500. The van der Waals surface area contributed by atoms with Gasteiger partial charge >= 0.3 is 0 Å². The summed E-state index contributed by atoms with van der Waals surface area (Å²) in [5.41, 5.74) is 7.20. The van der Waals surface area contributed by atoms with Crippen LogP contribution in [0.25, 0.3) is 0 Å². The van der Waals surface area contributed by atoms with Gasteiger partial charge in [-0.25, -0.2) is 0 Å². The van der Waals surface area contributed by atoms with E-state index in [9.17, 15) is 9.59 Å². The molecule has 1 unspecified atom stereocenters. The molecule has 1 aliphatic heterocycles. The summed E-state index contributed by atoms with van der Waals surface area (Å²) in [6, 6.07) is 7.23. The molecule has 0 bridgehead atoms. The Morgan fingerprint density at radius 1 is 1.15 bits per heavy atom. The third-order valence-electron chi connectivity index (χ3n) is 3.82. The number of nitrogens with zero attached hydrogens (tertiary/aromatic N) is 1. The molecular weight excluding hydrogens is 252 g/mol. The quantitative estimate of drug-likeness (QED) is 0.493. The molecule has 0 aliphatic carbocycles. The Bertz CT molecular complexity index is 482. The van der Waals surface area contributed by atoms with Gasteiger partial charge in [-0.15, -0.1) is 0 Å². The largest absolute Gasteiger partial charge is 0.399 e. The smallest absolute Gasteiger partial charge is 0.237 e. The highest BCUT2D eigenvalue weighted by Crippen LogP contribution is 2.30. The number of anilines is 1. The van der Waals surface area contributed by atoms with E-state index in [1.165, 1.54) is 4.90 Å². The summed E-state index contributed by atoms with van der Waals surface area (Å²) >= 11 is 0. The number of nitrogen functional groups attached to an aromatic ring is 1. The van der Waals surface area contributed by atoms with E-state index in [0.717, 1.165) is 31.2 Å². The zero-order valence-corrected chi connectivity index (χ0v) is 12.0. The average Bonchev–Trinajstić information content (AvgIpc) is 2.72. The van der Waals surface area contributed by atoms with Crippen molar-refractivity contribution in [1.29, 1.82) is 0 Å². The van der Waals surface area contributed by atoms with E-state index in [1.54, 1.807) is 12.1 Å². The number of likely N-dealkylation sites (tertiary alicyclic amines) is 1. The molecule has 0 aromatic heterocycles. The second-order valence-corrected chi connectivity index (χ2v) is 5.37. The van der Waals surface area contributed by atoms with Gasteiger partial charge in [-0.2, -0.15) is 0 Å². The van der Waals surface area contributed by atoms with Crippen LogP contribution in [0.3, 0.4) is 0 Å². The van der Waals surface area contributed by atoms with Crippen LogP contribution in [0.1, 0.15) is 50.5 Å². The van der Waals surface area contributed by atoms with Crippen molar-refractivity contribution in [3.63, 3.8) is 0 Å². The highest BCUT2D eigenvalue weighted by molar-refractivity contribution is 6.06. The molecule has 20 heavy (non-hydrogen) atoms. The summed E-state index contributed by atoms with van der Waals surface area (Å²) in [6.45, 7) is 2.70. The number of carbonyl (C=O) groups is 2. The van der Waals surface area contributed by atoms with Crippen LogP contribution in [0, 0.1) is 0 Å². The zero-order chi connectivity index (χ0) is 14.5. The lowest BCUT2D eigenvalue weighted by atomic mass is 9.97. The third kappa shape index (κ3) is 3.18. The Morgan fingerprint density at radius 3 is 2.50 bits per heavy atom. The molecule has 1 atom stereocenters. The Labute approximate surface area is 119 Å². The van der Waals surface area contributed by atoms with Crippen LogP contribution in [0.15, 0.2) is 24.3 Å². The lowest BCUT2D eigenvalue weighted by Gasteiger charge is -2.15. The molecule has 108 valence electrons. The summed E-state index contributed by atoms with van der Waals surface area (Å²) in [5.74, 6) is -0.432. The number of imide groups is 1. The molecule has 2 rings (SSSR count). The highest BCUT2D eigenvalue weighted by atomic mass is 16.2. The van der Waals surface area contributed by atoms with Gasteiger partial charge in [-0.05, 0) is 24.1 Å². The molecule has 0 spiro atoms. The Balaban J connectivity index is 1.99. The molecule has 2 amide bonds. The molecule has 1 aliphatic rings. The van der Waals surface area contributed by atoms with Gasteiger partial charge in [-0.1, -0.05) is 38.3 Å². The lowest BCUT2D eigenvalue weighted by molar-refractivity contribution is -0.138. The van der Waals surface area contributed by atoms with E-state index >= 15 is 0 Å². The number of hydrogen-bond acceptors (Lipinski definition) is 3. The van der Waals surface area contributed by atoms with Gasteiger partial charge in [0.25, 0.3) is 0 Å².